The molecule has 1 aromatic heterocycles. The van der Waals surface area contributed by atoms with E-state index in [4.69, 9.17) is 9.47 Å². The molecule has 0 atom stereocenters. The molecule has 28 heavy (non-hydrogen) atoms. The number of rotatable bonds is 6. The first-order chi connectivity index (χ1) is 13.4. The zero-order chi connectivity index (χ0) is 19.7. The summed E-state index contributed by atoms with van der Waals surface area (Å²) in [5.41, 5.74) is 0.938. The first-order valence-corrected chi connectivity index (χ1v) is 11.1. The summed E-state index contributed by atoms with van der Waals surface area (Å²) in [5.74, 6) is -0.882. The van der Waals surface area contributed by atoms with E-state index in [-0.39, 0.29) is 11.0 Å². The molecule has 9 heteroatoms. The lowest BCUT2D eigenvalue weighted by Gasteiger charge is -2.38. The number of thiazole rings is 1. The molecular weight excluding hydrogens is 400 g/mol. The maximum absolute atomic E-state index is 12.4. The predicted molar refractivity (Wildman–Crippen MR) is 107 cm³/mol. The molecule has 0 radical (unpaired) electrons. The van der Waals surface area contributed by atoms with Crippen molar-refractivity contribution in [3.05, 3.63) is 48.5 Å². The summed E-state index contributed by atoms with van der Waals surface area (Å²) in [7, 11) is -2.25. The molecule has 146 valence electrons. The van der Waals surface area contributed by atoms with Crippen molar-refractivity contribution in [1.82, 2.24) is 4.98 Å². The van der Waals surface area contributed by atoms with Gasteiger partial charge in [-0.15, -0.1) is 0 Å². The van der Waals surface area contributed by atoms with Gasteiger partial charge in [0.25, 0.3) is 0 Å². The maximum atomic E-state index is 12.4. The number of hydrogen-bond acceptors (Lipinski definition) is 8. The van der Waals surface area contributed by atoms with Crippen LogP contribution in [0.3, 0.4) is 0 Å². The average molecular weight is 418 g/mol. The van der Waals surface area contributed by atoms with Gasteiger partial charge in [-0.25, -0.2) is 13.4 Å². The number of methoxy groups -OCH3 is 1. The average Bonchev–Trinajstić information content (AvgIpc) is 3.07. The number of para-hydroxylation sites is 1. The van der Waals surface area contributed by atoms with E-state index in [9.17, 15) is 13.2 Å². The molecule has 2 heterocycles. The van der Waals surface area contributed by atoms with Crippen molar-refractivity contribution >= 4 is 42.5 Å². The van der Waals surface area contributed by atoms with Crippen molar-refractivity contribution in [2.75, 3.05) is 30.9 Å². The Morgan fingerprint density at radius 3 is 2.57 bits per heavy atom. The molecule has 7 nitrogen and oxygen atoms in total. The molecule has 1 fully saturated rings. The van der Waals surface area contributed by atoms with Gasteiger partial charge in [0, 0.05) is 0 Å². The van der Waals surface area contributed by atoms with Gasteiger partial charge in [0.05, 0.1) is 35.3 Å². The molecule has 0 aliphatic carbocycles. The molecule has 1 aliphatic heterocycles. The number of carbonyl (C=O) groups excluding carboxylic acids is 1. The van der Waals surface area contributed by atoms with Crippen LogP contribution in [0.25, 0.3) is 10.2 Å². The molecule has 0 amide bonds. The SMILES string of the molecule is COc1ccc(S(=O)(=O)CC(=O)OC2CN(c3nc4ccccc4s3)C2)cc1. The van der Waals surface area contributed by atoms with Gasteiger partial charge >= 0.3 is 5.97 Å². The van der Waals surface area contributed by atoms with Crippen LogP contribution >= 0.6 is 11.3 Å². The van der Waals surface area contributed by atoms with Gasteiger partial charge in [0.1, 0.15) is 11.9 Å². The molecule has 3 aromatic rings. The fourth-order valence-corrected chi connectivity index (χ4v) is 4.99. The van der Waals surface area contributed by atoms with Crippen LogP contribution in [0.1, 0.15) is 0 Å². The highest BCUT2D eigenvalue weighted by Gasteiger charge is 2.33. The largest absolute Gasteiger partial charge is 0.497 e. The van der Waals surface area contributed by atoms with E-state index in [1.54, 1.807) is 23.5 Å². The highest BCUT2D eigenvalue weighted by Crippen LogP contribution is 2.31. The Kier molecular flexibility index (Phi) is 4.94. The summed E-state index contributed by atoms with van der Waals surface area (Å²) in [4.78, 5) is 18.7. The molecule has 4 rings (SSSR count). The summed E-state index contributed by atoms with van der Waals surface area (Å²) >= 11 is 1.58. The van der Waals surface area contributed by atoms with Crippen LogP contribution in [0.5, 0.6) is 5.75 Å². The molecule has 0 bridgehead atoms. The van der Waals surface area contributed by atoms with E-state index < -0.39 is 21.6 Å². The minimum Gasteiger partial charge on any atom is -0.497 e. The summed E-state index contributed by atoms with van der Waals surface area (Å²) in [5, 5.41) is 0.874. The number of hydrogen-bond donors (Lipinski definition) is 0. The van der Waals surface area contributed by atoms with Gasteiger partial charge in [-0.1, -0.05) is 23.5 Å². The Balaban J connectivity index is 1.32. The highest BCUT2D eigenvalue weighted by atomic mass is 32.2. The van der Waals surface area contributed by atoms with Gasteiger partial charge in [0.15, 0.2) is 20.7 Å². The number of nitrogens with zero attached hydrogens (tertiary/aromatic N) is 2. The Morgan fingerprint density at radius 2 is 1.89 bits per heavy atom. The fourth-order valence-electron chi connectivity index (χ4n) is 2.91. The topological polar surface area (TPSA) is 85.8 Å². The minimum atomic E-state index is -3.75. The molecule has 0 spiro atoms. The Morgan fingerprint density at radius 1 is 1.18 bits per heavy atom. The normalized spacial score (nSPS) is 14.7. The first-order valence-electron chi connectivity index (χ1n) is 8.61. The molecule has 0 saturated carbocycles. The number of aromatic nitrogens is 1. The van der Waals surface area contributed by atoms with Crippen molar-refractivity contribution in [1.29, 1.82) is 0 Å². The number of carbonyl (C=O) groups is 1. The van der Waals surface area contributed by atoms with Crippen LogP contribution in [0, 0.1) is 0 Å². The minimum absolute atomic E-state index is 0.0648. The zero-order valence-electron chi connectivity index (χ0n) is 15.1. The lowest BCUT2D eigenvalue weighted by molar-refractivity contribution is -0.146. The number of benzene rings is 2. The van der Waals surface area contributed by atoms with Crippen molar-refractivity contribution < 1.29 is 22.7 Å². The molecule has 1 aliphatic rings. The van der Waals surface area contributed by atoms with Crippen LogP contribution < -0.4 is 9.64 Å². The van der Waals surface area contributed by atoms with E-state index >= 15 is 0 Å². The van der Waals surface area contributed by atoms with Crippen LogP contribution in [-0.2, 0) is 19.4 Å². The molecule has 0 N–H and O–H groups in total. The van der Waals surface area contributed by atoms with Gasteiger partial charge in [-0.2, -0.15) is 0 Å². The number of esters is 1. The number of anilines is 1. The number of fused-ring (bicyclic) bond motifs is 1. The third-order valence-electron chi connectivity index (χ3n) is 4.43. The Labute approximate surface area is 166 Å². The maximum Gasteiger partial charge on any atom is 0.321 e. The second kappa shape index (κ2) is 7.40. The molecular formula is C19H18N2O5S2. The summed E-state index contributed by atoms with van der Waals surface area (Å²) in [6.07, 6.45) is -0.328. The number of ether oxygens (including phenoxy) is 2. The molecule has 1 saturated heterocycles. The van der Waals surface area contributed by atoms with Gasteiger partial charge in [-0.05, 0) is 36.4 Å². The van der Waals surface area contributed by atoms with Crippen molar-refractivity contribution in [3.8, 4) is 5.75 Å². The van der Waals surface area contributed by atoms with E-state index in [0.717, 1.165) is 15.3 Å². The molecule has 2 aromatic carbocycles. The smallest absolute Gasteiger partial charge is 0.321 e. The predicted octanol–water partition coefficient (Wildman–Crippen LogP) is 2.51. The van der Waals surface area contributed by atoms with Crippen molar-refractivity contribution in [2.45, 2.75) is 11.0 Å². The number of sulfone groups is 1. The van der Waals surface area contributed by atoms with Crippen molar-refractivity contribution in [3.63, 3.8) is 0 Å². The monoisotopic (exact) mass is 418 g/mol. The van der Waals surface area contributed by atoms with E-state index in [1.165, 1.54) is 19.2 Å². The Hall–Kier alpha value is -2.65. The summed E-state index contributed by atoms with van der Waals surface area (Å²) < 4.78 is 36.1. The van der Waals surface area contributed by atoms with Gasteiger partial charge < -0.3 is 14.4 Å². The Bertz CT molecular complexity index is 1070. The van der Waals surface area contributed by atoms with Crippen LogP contribution in [-0.4, -0.2) is 51.4 Å². The zero-order valence-corrected chi connectivity index (χ0v) is 16.7. The van der Waals surface area contributed by atoms with Crippen molar-refractivity contribution in [2.24, 2.45) is 0 Å². The van der Waals surface area contributed by atoms with Crippen LogP contribution in [0.2, 0.25) is 0 Å². The highest BCUT2D eigenvalue weighted by molar-refractivity contribution is 7.92. The van der Waals surface area contributed by atoms with E-state index in [2.05, 4.69) is 4.98 Å². The van der Waals surface area contributed by atoms with Gasteiger partial charge in [0.2, 0.25) is 0 Å². The second-order valence-electron chi connectivity index (χ2n) is 6.42. The van der Waals surface area contributed by atoms with E-state index in [1.807, 2.05) is 29.2 Å². The quantitative estimate of drug-likeness (QED) is 0.569. The summed E-state index contributed by atoms with van der Waals surface area (Å²) in [6, 6.07) is 13.8. The first kappa shape index (κ1) is 18.7. The third kappa shape index (κ3) is 3.81. The third-order valence-corrected chi connectivity index (χ3v) is 7.13. The fraction of sp³-hybridized carbons (Fsp3) is 0.263. The van der Waals surface area contributed by atoms with Crippen LogP contribution in [0.15, 0.2) is 53.4 Å². The second-order valence-corrected chi connectivity index (χ2v) is 9.41. The van der Waals surface area contributed by atoms with Gasteiger partial charge in [-0.3, -0.25) is 4.79 Å². The van der Waals surface area contributed by atoms with Crippen LogP contribution in [0.4, 0.5) is 5.13 Å². The summed E-state index contributed by atoms with van der Waals surface area (Å²) in [6.45, 7) is 1.02. The van der Waals surface area contributed by atoms with E-state index in [0.29, 0.717) is 18.8 Å². The molecule has 0 unspecified atom stereocenters. The standard InChI is InChI=1S/C19H18N2O5S2/c1-25-13-6-8-15(9-7-13)28(23,24)12-18(22)26-14-10-21(11-14)19-20-16-4-2-3-5-17(16)27-19/h2-9,14H,10-12H2,1H3. The lowest BCUT2D eigenvalue weighted by atomic mass is 10.2. The lowest BCUT2D eigenvalue weighted by Crippen LogP contribution is -2.53.